The second kappa shape index (κ2) is 6.42. The molecule has 7 nitrogen and oxygen atoms in total. The summed E-state index contributed by atoms with van der Waals surface area (Å²) >= 11 is 1.59. The number of fused-ring (bicyclic) bond motifs is 2. The zero-order chi connectivity index (χ0) is 19.3. The van der Waals surface area contributed by atoms with Crippen LogP contribution in [0.2, 0.25) is 0 Å². The van der Waals surface area contributed by atoms with E-state index in [0.717, 1.165) is 16.3 Å². The summed E-state index contributed by atoms with van der Waals surface area (Å²) in [5.74, 6) is -0.124. The molecule has 1 aliphatic heterocycles. The third kappa shape index (κ3) is 2.65. The normalized spacial score (nSPS) is 13.7. The van der Waals surface area contributed by atoms with E-state index in [2.05, 4.69) is 10.1 Å². The molecule has 1 amide bonds. The first-order chi connectivity index (χ1) is 13.6. The summed E-state index contributed by atoms with van der Waals surface area (Å²) in [6.07, 6.45) is 2.28. The largest absolute Gasteiger partial charge is 0.332 e. The molecule has 0 saturated carbocycles. The van der Waals surface area contributed by atoms with Crippen LogP contribution >= 0.6 is 11.3 Å². The molecule has 0 aromatic carbocycles. The van der Waals surface area contributed by atoms with Crippen molar-refractivity contribution in [3.63, 3.8) is 0 Å². The van der Waals surface area contributed by atoms with Crippen LogP contribution in [0.15, 0.2) is 52.8 Å². The van der Waals surface area contributed by atoms with Gasteiger partial charge >= 0.3 is 0 Å². The number of carbonyl (C=O) groups is 1. The van der Waals surface area contributed by atoms with E-state index in [-0.39, 0.29) is 18.0 Å². The minimum absolute atomic E-state index is 0.109. The molecule has 0 spiro atoms. The predicted octanol–water partition coefficient (Wildman–Crippen LogP) is 2.36. The summed E-state index contributed by atoms with van der Waals surface area (Å²) in [5.41, 5.74) is 3.20. The molecule has 4 aromatic rings. The SMILES string of the molecule is Cn1nc(-c2cccs2)cc1C(=O)N1CCc2nc3ccccn3c(=O)c2C1. The molecule has 28 heavy (non-hydrogen) atoms. The molecule has 0 saturated heterocycles. The van der Waals surface area contributed by atoms with E-state index < -0.39 is 0 Å². The predicted molar refractivity (Wildman–Crippen MR) is 106 cm³/mol. The van der Waals surface area contributed by atoms with Gasteiger partial charge in [0.05, 0.1) is 22.7 Å². The lowest BCUT2D eigenvalue weighted by atomic mass is 10.1. The molecule has 0 unspecified atom stereocenters. The van der Waals surface area contributed by atoms with Crippen LogP contribution in [0.1, 0.15) is 21.7 Å². The van der Waals surface area contributed by atoms with Crippen LogP contribution in [0.3, 0.4) is 0 Å². The third-order valence-corrected chi connectivity index (χ3v) is 5.93. The third-order valence-electron chi connectivity index (χ3n) is 5.04. The molecule has 0 radical (unpaired) electrons. The van der Waals surface area contributed by atoms with Gasteiger partial charge in [-0.05, 0) is 29.6 Å². The number of hydrogen-bond acceptors (Lipinski definition) is 5. The maximum absolute atomic E-state index is 13.1. The zero-order valence-corrected chi connectivity index (χ0v) is 16.0. The van der Waals surface area contributed by atoms with Gasteiger partial charge in [0.2, 0.25) is 0 Å². The second-order valence-corrected chi connectivity index (χ2v) is 7.71. The topological polar surface area (TPSA) is 72.5 Å². The van der Waals surface area contributed by atoms with Crippen LogP contribution in [0, 0.1) is 0 Å². The van der Waals surface area contributed by atoms with Crippen LogP contribution < -0.4 is 5.56 Å². The Kier molecular flexibility index (Phi) is 3.87. The van der Waals surface area contributed by atoms with Gasteiger partial charge in [0.1, 0.15) is 17.0 Å². The number of pyridine rings is 1. The van der Waals surface area contributed by atoms with Gasteiger partial charge < -0.3 is 4.90 Å². The lowest BCUT2D eigenvalue weighted by molar-refractivity contribution is 0.0721. The zero-order valence-electron chi connectivity index (χ0n) is 15.2. The minimum atomic E-state index is -0.124. The summed E-state index contributed by atoms with van der Waals surface area (Å²) in [7, 11) is 1.77. The van der Waals surface area contributed by atoms with Gasteiger partial charge in [-0.1, -0.05) is 12.1 Å². The summed E-state index contributed by atoms with van der Waals surface area (Å²) in [6.45, 7) is 0.790. The Hall–Kier alpha value is -3.26. The molecule has 8 heteroatoms. The number of aryl methyl sites for hydroxylation is 1. The molecular weight excluding hydrogens is 374 g/mol. The molecule has 5 heterocycles. The van der Waals surface area contributed by atoms with E-state index in [0.29, 0.717) is 29.9 Å². The van der Waals surface area contributed by atoms with Crippen molar-refractivity contribution in [3.8, 4) is 10.6 Å². The Balaban J connectivity index is 1.49. The fraction of sp³-hybridized carbons (Fsp3) is 0.200. The van der Waals surface area contributed by atoms with Crippen molar-refractivity contribution in [3.05, 3.63) is 75.3 Å². The van der Waals surface area contributed by atoms with Gasteiger partial charge in [-0.25, -0.2) is 4.98 Å². The van der Waals surface area contributed by atoms with E-state index >= 15 is 0 Å². The fourth-order valence-electron chi connectivity index (χ4n) is 3.60. The van der Waals surface area contributed by atoms with Crippen LogP contribution in [0.4, 0.5) is 0 Å². The maximum Gasteiger partial charge on any atom is 0.272 e. The Morgan fingerprint density at radius 3 is 2.93 bits per heavy atom. The van der Waals surface area contributed by atoms with Crippen LogP contribution in [-0.2, 0) is 20.0 Å². The van der Waals surface area contributed by atoms with E-state index in [1.807, 2.05) is 35.7 Å². The van der Waals surface area contributed by atoms with Gasteiger partial charge in [-0.2, -0.15) is 5.10 Å². The van der Waals surface area contributed by atoms with E-state index in [9.17, 15) is 9.59 Å². The summed E-state index contributed by atoms with van der Waals surface area (Å²) in [6, 6.07) is 11.2. The van der Waals surface area contributed by atoms with Crippen molar-refractivity contribution in [1.82, 2.24) is 24.1 Å². The van der Waals surface area contributed by atoms with E-state index in [4.69, 9.17) is 0 Å². The second-order valence-electron chi connectivity index (χ2n) is 6.76. The highest BCUT2D eigenvalue weighted by Gasteiger charge is 2.27. The molecular formula is C20H17N5O2S. The fourth-order valence-corrected chi connectivity index (χ4v) is 4.28. The average molecular weight is 391 g/mol. The lowest BCUT2D eigenvalue weighted by Crippen LogP contribution is -2.40. The highest BCUT2D eigenvalue weighted by Crippen LogP contribution is 2.25. The number of thiophene rings is 1. The van der Waals surface area contributed by atoms with Crippen LogP contribution in [0.25, 0.3) is 16.2 Å². The number of hydrogen-bond donors (Lipinski definition) is 0. The highest BCUT2D eigenvalue weighted by molar-refractivity contribution is 7.13. The Morgan fingerprint density at radius 2 is 2.11 bits per heavy atom. The monoisotopic (exact) mass is 391 g/mol. The Labute approximate surface area is 164 Å². The van der Waals surface area contributed by atoms with Gasteiger partial charge in [0.25, 0.3) is 11.5 Å². The van der Waals surface area contributed by atoms with E-state index in [1.54, 1.807) is 40.2 Å². The number of rotatable bonds is 2. The Bertz CT molecular complexity index is 1260. The standard InChI is InChI=1S/C20H17N5O2S/c1-23-16(11-15(22-23)17-5-4-10-28-17)20(27)24-9-7-14-13(12-24)19(26)25-8-3-2-6-18(25)21-14/h2-6,8,10-11H,7,9,12H2,1H3. The highest BCUT2D eigenvalue weighted by atomic mass is 32.1. The molecule has 0 atom stereocenters. The van der Waals surface area contributed by atoms with Crippen molar-refractivity contribution in [2.45, 2.75) is 13.0 Å². The van der Waals surface area contributed by atoms with E-state index in [1.165, 1.54) is 4.40 Å². The van der Waals surface area contributed by atoms with Crippen LogP contribution in [0.5, 0.6) is 0 Å². The number of carbonyl (C=O) groups excluding carboxylic acids is 1. The molecule has 5 rings (SSSR count). The number of nitrogens with zero attached hydrogens (tertiary/aromatic N) is 5. The molecule has 0 bridgehead atoms. The molecule has 140 valence electrons. The van der Waals surface area contributed by atoms with Crippen molar-refractivity contribution in [2.24, 2.45) is 7.05 Å². The van der Waals surface area contributed by atoms with Crippen molar-refractivity contribution < 1.29 is 4.79 Å². The minimum Gasteiger partial charge on any atom is -0.332 e. The number of aromatic nitrogens is 4. The quantitative estimate of drug-likeness (QED) is 0.526. The maximum atomic E-state index is 13.1. The molecule has 1 aliphatic rings. The first kappa shape index (κ1) is 16.9. The van der Waals surface area contributed by atoms with Crippen LogP contribution in [-0.4, -0.2) is 36.5 Å². The van der Waals surface area contributed by atoms with Crippen molar-refractivity contribution in [2.75, 3.05) is 6.54 Å². The van der Waals surface area contributed by atoms with Gasteiger partial charge in [-0.3, -0.25) is 18.7 Å². The first-order valence-corrected chi connectivity index (χ1v) is 9.86. The van der Waals surface area contributed by atoms with Crippen molar-refractivity contribution in [1.29, 1.82) is 0 Å². The average Bonchev–Trinajstić information content (AvgIpc) is 3.37. The summed E-state index contributed by atoms with van der Waals surface area (Å²) < 4.78 is 3.14. The van der Waals surface area contributed by atoms with Crippen molar-refractivity contribution >= 4 is 22.9 Å². The van der Waals surface area contributed by atoms with Gasteiger partial charge in [0.15, 0.2) is 0 Å². The van der Waals surface area contributed by atoms with Gasteiger partial charge in [-0.15, -0.1) is 11.3 Å². The Morgan fingerprint density at radius 1 is 1.21 bits per heavy atom. The molecule has 0 fully saturated rings. The molecule has 0 N–H and O–H groups in total. The molecule has 4 aromatic heterocycles. The summed E-state index contributed by atoms with van der Waals surface area (Å²) in [5, 5.41) is 6.46. The summed E-state index contributed by atoms with van der Waals surface area (Å²) in [4.78, 5) is 33.3. The number of amides is 1. The molecule has 0 aliphatic carbocycles. The lowest BCUT2D eigenvalue weighted by Gasteiger charge is -2.27. The first-order valence-electron chi connectivity index (χ1n) is 8.98. The smallest absolute Gasteiger partial charge is 0.272 e. The van der Waals surface area contributed by atoms with Gasteiger partial charge in [0, 0.05) is 26.2 Å².